The van der Waals surface area contributed by atoms with E-state index < -0.39 is 30.4 Å². The number of carboxylic acid groups (broad SMARTS) is 1. The summed E-state index contributed by atoms with van der Waals surface area (Å²) in [6.45, 7) is 1.70. The lowest BCUT2D eigenvalue weighted by Gasteiger charge is -2.15. The van der Waals surface area contributed by atoms with Gasteiger partial charge in [-0.15, -0.1) is 0 Å². The van der Waals surface area contributed by atoms with E-state index in [0.29, 0.717) is 16.3 Å². The summed E-state index contributed by atoms with van der Waals surface area (Å²) < 4.78 is 0. The minimum absolute atomic E-state index is 0.443. The van der Waals surface area contributed by atoms with Gasteiger partial charge in [-0.2, -0.15) is 0 Å². The fraction of sp³-hybridized carbons (Fsp3) is 0.250. The molecule has 0 aromatic heterocycles. The summed E-state index contributed by atoms with van der Waals surface area (Å²) in [5.74, 6) is -2.17. The molecule has 7 nitrogen and oxygen atoms in total. The largest absolute Gasteiger partial charge is 0.480 e. The summed E-state index contributed by atoms with van der Waals surface area (Å²) in [5, 5.41) is 13.9. The highest BCUT2D eigenvalue weighted by Crippen LogP contribution is 2.22. The first-order valence-corrected chi connectivity index (χ1v) is 6.02. The van der Waals surface area contributed by atoms with Crippen LogP contribution in [0, 0.1) is 6.92 Å². The lowest BCUT2D eigenvalue weighted by Crippen LogP contribution is -2.45. The number of urea groups is 1. The summed E-state index contributed by atoms with van der Waals surface area (Å²) in [6, 6.07) is 2.77. The predicted octanol–water partition coefficient (Wildman–Crippen LogP) is 1.10. The van der Waals surface area contributed by atoms with Gasteiger partial charge in [-0.3, -0.25) is 4.79 Å². The Labute approximate surface area is 120 Å². The zero-order chi connectivity index (χ0) is 15.3. The number of carbonyl (C=O) groups is 3. The molecule has 0 saturated carbocycles. The molecule has 0 spiro atoms. The molecule has 0 aliphatic heterocycles. The summed E-state index contributed by atoms with van der Waals surface area (Å²) in [6.07, 6.45) is -0.489. The Morgan fingerprint density at radius 3 is 2.60 bits per heavy atom. The van der Waals surface area contributed by atoms with E-state index in [-0.39, 0.29) is 0 Å². The molecule has 1 aromatic rings. The Balaban J connectivity index is 2.73. The van der Waals surface area contributed by atoms with Gasteiger partial charge in [0, 0.05) is 10.7 Å². The first-order valence-electron chi connectivity index (χ1n) is 5.65. The van der Waals surface area contributed by atoms with E-state index in [0.717, 1.165) is 0 Å². The van der Waals surface area contributed by atoms with E-state index in [4.69, 9.17) is 22.4 Å². The third-order valence-electron chi connectivity index (χ3n) is 2.52. The van der Waals surface area contributed by atoms with Gasteiger partial charge in [-0.25, -0.2) is 9.59 Å². The molecule has 0 saturated heterocycles. The van der Waals surface area contributed by atoms with Gasteiger partial charge in [0.15, 0.2) is 0 Å². The van der Waals surface area contributed by atoms with Gasteiger partial charge in [0.25, 0.3) is 0 Å². The lowest BCUT2D eigenvalue weighted by molar-refractivity contribution is -0.140. The maximum Gasteiger partial charge on any atom is 0.326 e. The number of rotatable bonds is 5. The Hall–Kier alpha value is -2.28. The van der Waals surface area contributed by atoms with Crippen molar-refractivity contribution in [3.05, 3.63) is 28.8 Å². The van der Waals surface area contributed by atoms with Crippen LogP contribution in [0.2, 0.25) is 5.02 Å². The number of primary amides is 1. The van der Waals surface area contributed by atoms with E-state index in [1.807, 2.05) is 0 Å². The van der Waals surface area contributed by atoms with Crippen LogP contribution in [0.25, 0.3) is 0 Å². The number of anilines is 1. The minimum atomic E-state index is -1.38. The average Bonchev–Trinajstić information content (AvgIpc) is 2.33. The second kappa shape index (κ2) is 6.76. The maximum atomic E-state index is 11.7. The molecule has 108 valence electrons. The first-order chi connectivity index (χ1) is 9.31. The van der Waals surface area contributed by atoms with Crippen LogP contribution < -0.4 is 16.4 Å². The number of carbonyl (C=O) groups excluding carboxylic acids is 2. The van der Waals surface area contributed by atoms with Crippen molar-refractivity contribution in [2.75, 3.05) is 5.32 Å². The van der Waals surface area contributed by atoms with Crippen LogP contribution in [-0.4, -0.2) is 29.1 Å². The highest BCUT2D eigenvalue weighted by molar-refractivity contribution is 6.31. The minimum Gasteiger partial charge on any atom is -0.480 e. The van der Waals surface area contributed by atoms with Crippen molar-refractivity contribution < 1.29 is 19.5 Å². The molecule has 0 bridgehead atoms. The van der Waals surface area contributed by atoms with Gasteiger partial charge in [0.05, 0.1) is 6.42 Å². The molecule has 1 aromatic carbocycles. The van der Waals surface area contributed by atoms with E-state index >= 15 is 0 Å². The van der Waals surface area contributed by atoms with Crippen LogP contribution in [-0.2, 0) is 9.59 Å². The smallest absolute Gasteiger partial charge is 0.326 e. The first kappa shape index (κ1) is 15.8. The Morgan fingerprint density at radius 1 is 1.40 bits per heavy atom. The lowest BCUT2D eigenvalue weighted by atomic mass is 10.2. The number of nitrogens with two attached hydrogens (primary N) is 1. The standard InChI is InChI=1S/C12H14ClN3O4/c1-6-7(13)3-2-4-8(6)15-12(20)16-9(11(18)19)5-10(14)17/h2-4,9H,5H2,1H3,(H2,14,17)(H,18,19)(H2,15,16,20). The van der Waals surface area contributed by atoms with Gasteiger partial charge in [0.2, 0.25) is 5.91 Å². The quantitative estimate of drug-likeness (QED) is 0.650. The van der Waals surface area contributed by atoms with E-state index in [2.05, 4.69) is 10.6 Å². The van der Waals surface area contributed by atoms with Crippen LogP contribution in [0.5, 0.6) is 0 Å². The Morgan fingerprint density at radius 2 is 2.05 bits per heavy atom. The number of carboxylic acids is 1. The predicted molar refractivity (Wildman–Crippen MR) is 73.6 cm³/mol. The molecular formula is C12H14ClN3O4. The van der Waals surface area contributed by atoms with Gasteiger partial charge >= 0.3 is 12.0 Å². The van der Waals surface area contributed by atoms with Crippen molar-refractivity contribution in [3.8, 4) is 0 Å². The van der Waals surface area contributed by atoms with Crippen molar-refractivity contribution >= 4 is 35.2 Å². The molecule has 0 aliphatic carbocycles. The fourth-order valence-electron chi connectivity index (χ4n) is 1.46. The summed E-state index contributed by atoms with van der Waals surface area (Å²) in [5.41, 5.74) is 6.00. The molecule has 0 heterocycles. The third kappa shape index (κ3) is 4.43. The molecular weight excluding hydrogens is 286 g/mol. The highest BCUT2D eigenvalue weighted by Gasteiger charge is 2.22. The van der Waals surface area contributed by atoms with Gasteiger partial charge in [0.1, 0.15) is 6.04 Å². The average molecular weight is 300 g/mol. The van der Waals surface area contributed by atoms with Crippen molar-refractivity contribution in [3.63, 3.8) is 0 Å². The van der Waals surface area contributed by atoms with Crippen molar-refractivity contribution in [2.45, 2.75) is 19.4 Å². The maximum absolute atomic E-state index is 11.7. The third-order valence-corrected chi connectivity index (χ3v) is 2.93. The van der Waals surface area contributed by atoms with Crippen LogP contribution in [0.1, 0.15) is 12.0 Å². The monoisotopic (exact) mass is 299 g/mol. The summed E-state index contributed by atoms with van der Waals surface area (Å²) in [7, 11) is 0. The summed E-state index contributed by atoms with van der Waals surface area (Å²) >= 11 is 5.90. The van der Waals surface area contributed by atoms with Crippen LogP contribution >= 0.6 is 11.6 Å². The second-order valence-electron chi connectivity index (χ2n) is 4.07. The molecule has 8 heteroatoms. The van der Waals surface area contributed by atoms with Crippen LogP contribution in [0.15, 0.2) is 18.2 Å². The molecule has 5 N–H and O–H groups in total. The molecule has 0 fully saturated rings. The number of aliphatic carboxylic acids is 1. The van der Waals surface area contributed by atoms with Gasteiger partial charge in [-0.1, -0.05) is 17.7 Å². The molecule has 3 amide bonds. The second-order valence-corrected chi connectivity index (χ2v) is 4.48. The van der Waals surface area contributed by atoms with E-state index in [1.165, 1.54) is 0 Å². The Bertz CT molecular complexity index is 548. The SMILES string of the molecule is Cc1c(Cl)cccc1NC(=O)NC(CC(N)=O)C(=O)O. The summed E-state index contributed by atoms with van der Waals surface area (Å²) in [4.78, 5) is 33.3. The van der Waals surface area contributed by atoms with Crippen LogP contribution in [0.3, 0.4) is 0 Å². The van der Waals surface area contributed by atoms with E-state index in [9.17, 15) is 14.4 Å². The normalized spacial score (nSPS) is 11.5. The Kier molecular flexibility index (Phi) is 5.33. The number of hydrogen-bond acceptors (Lipinski definition) is 3. The fourth-order valence-corrected chi connectivity index (χ4v) is 1.64. The van der Waals surface area contributed by atoms with Crippen molar-refractivity contribution in [2.24, 2.45) is 5.73 Å². The van der Waals surface area contributed by atoms with Crippen molar-refractivity contribution in [1.82, 2.24) is 5.32 Å². The molecule has 1 rings (SSSR count). The number of halogens is 1. The molecule has 0 radical (unpaired) electrons. The molecule has 1 atom stereocenters. The number of hydrogen-bond donors (Lipinski definition) is 4. The van der Waals surface area contributed by atoms with Gasteiger partial charge in [-0.05, 0) is 24.6 Å². The zero-order valence-electron chi connectivity index (χ0n) is 10.6. The number of benzene rings is 1. The van der Waals surface area contributed by atoms with E-state index in [1.54, 1.807) is 25.1 Å². The topological polar surface area (TPSA) is 122 Å². The number of nitrogens with one attached hydrogen (secondary N) is 2. The van der Waals surface area contributed by atoms with Crippen LogP contribution in [0.4, 0.5) is 10.5 Å². The highest BCUT2D eigenvalue weighted by atomic mass is 35.5. The van der Waals surface area contributed by atoms with Gasteiger partial charge < -0.3 is 21.5 Å². The molecule has 20 heavy (non-hydrogen) atoms. The number of amides is 3. The molecule has 0 aliphatic rings. The van der Waals surface area contributed by atoms with Crippen molar-refractivity contribution in [1.29, 1.82) is 0 Å². The molecule has 1 unspecified atom stereocenters. The zero-order valence-corrected chi connectivity index (χ0v) is 11.4.